The Hall–Kier alpha value is -1.28. The lowest BCUT2D eigenvalue weighted by atomic mass is 10.0. The number of likely N-dealkylation sites (N-methyl/N-ethyl adjacent to an activating group) is 1. The number of nitrogens with zero attached hydrogens (tertiary/aromatic N) is 1. The van der Waals surface area contributed by atoms with Crippen molar-refractivity contribution in [2.45, 2.75) is 283 Å². The summed E-state index contributed by atoms with van der Waals surface area (Å²) in [6.45, 7) is 4.63. The first-order valence-electron chi connectivity index (χ1n) is 28.3. The predicted octanol–water partition coefficient (Wildman–Crippen LogP) is 16.4. The number of carbonyl (C=O) groups is 1. The van der Waals surface area contributed by atoms with Gasteiger partial charge < -0.3 is 28.8 Å². The molecule has 0 heterocycles. The van der Waals surface area contributed by atoms with E-state index in [2.05, 4.69) is 55.6 Å². The van der Waals surface area contributed by atoms with Crippen LogP contribution in [0.15, 0.2) is 36.5 Å². The fourth-order valence-corrected chi connectivity index (χ4v) is 9.12. The Morgan fingerprint density at radius 1 is 0.530 bits per heavy atom. The molecule has 3 atom stereocenters. The molecule has 0 spiro atoms. The molecule has 0 radical (unpaired) electrons. The molecule has 0 bridgehead atoms. The van der Waals surface area contributed by atoms with E-state index in [0.717, 1.165) is 64.2 Å². The number of aliphatic hydroxyl groups is 1. The molecule has 0 saturated heterocycles. The van der Waals surface area contributed by atoms with Gasteiger partial charge in [-0.1, -0.05) is 249 Å². The molecule has 0 aromatic rings. The topological polar surface area (TPSA) is 108 Å². The maximum atomic E-state index is 12.8. The van der Waals surface area contributed by atoms with Crippen LogP contribution in [0.1, 0.15) is 271 Å². The Labute approximate surface area is 410 Å². The molecular formula is C57H111N2O6P. The molecule has 3 unspecified atom stereocenters. The van der Waals surface area contributed by atoms with E-state index in [9.17, 15) is 19.4 Å². The zero-order chi connectivity index (χ0) is 48.5. The lowest BCUT2D eigenvalue weighted by Gasteiger charge is -2.30. The molecule has 0 aromatic carbocycles. The summed E-state index contributed by atoms with van der Waals surface area (Å²) in [5, 5.41) is 13.7. The number of rotatable bonds is 52. The van der Waals surface area contributed by atoms with Crippen LogP contribution in [0, 0.1) is 0 Å². The van der Waals surface area contributed by atoms with Crippen LogP contribution in [-0.2, 0) is 18.4 Å². The summed E-state index contributed by atoms with van der Waals surface area (Å²) in [7, 11) is 1.31. The van der Waals surface area contributed by atoms with Crippen LogP contribution >= 0.6 is 7.82 Å². The molecule has 0 aliphatic heterocycles. The van der Waals surface area contributed by atoms with Gasteiger partial charge >= 0.3 is 0 Å². The molecule has 0 aliphatic carbocycles. The zero-order valence-electron chi connectivity index (χ0n) is 44.4. The molecule has 390 valence electrons. The summed E-state index contributed by atoms with van der Waals surface area (Å²) < 4.78 is 23.1. The molecule has 9 heteroatoms. The molecule has 0 aromatic heterocycles. The Kier molecular flexibility index (Phi) is 47.8. The van der Waals surface area contributed by atoms with Gasteiger partial charge in [-0.2, -0.15) is 0 Å². The van der Waals surface area contributed by atoms with E-state index in [1.54, 1.807) is 0 Å². The Morgan fingerprint density at radius 3 is 1.27 bits per heavy atom. The monoisotopic (exact) mass is 951 g/mol. The van der Waals surface area contributed by atoms with Crippen molar-refractivity contribution in [1.82, 2.24) is 5.32 Å². The molecule has 0 saturated carbocycles. The molecule has 1 amide bonds. The van der Waals surface area contributed by atoms with Gasteiger partial charge in [0, 0.05) is 6.42 Å². The highest BCUT2D eigenvalue weighted by atomic mass is 31.2. The van der Waals surface area contributed by atoms with Gasteiger partial charge in [0.25, 0.3) is 7.82 Å². The lowest BCUT2D eigenvalue weighted by Crippen LogP contribution is -2.46. The highest BCUT2D eigenvalue weighted by Gasteiger charge is 2.24. The maximum Gasteiger partial charge on any atom is 0.268 e. The van der Waals surface area contributed by atoms with Gasteiger partial charge in [-0.25, -0.2) is 0 Å². The standard InChI is InChI=1S/C57H111N2O6P/c1-6-8-10-12-13-14-15-16-17-18-19-20-21-22-23-24-25-26-27-28-29-30-31-32-33-34-35-36-37-38-39-40-41-42-43-44-45-47-49-51-57(61)58-55(56(60)50-48-46-11-9-7-2)54-65-66(62,63)64-53-52-59(3,4)5/h15-16,18-19,21-22,55-56,60H,6-14,17,20,23-54H2,1-5H3,(H-,58,61,62,63)/b16-15-,19-18-,22-21-. The fraction of sp³-hybridized carbons (Fsp3) is 0.877. The number of carbonyl (C=O) groups excluding carboxylic acids is 1. The van der Waals surface area contributed by atoms with Gasteiger partial charge in [0.2, 0.25) is 5.91 Å². The third-order valence-corrected chi connectivity index (χ3v) is 13.8. The molecular weight excluding hydrogens is 840 g/mol. The molecule has 2 N–H and O–H groups in total. The Morgan fingerprint density at radius 2 is 0.879 bits per heavy atom. The number of hydrogen-bond acceptors (Lipinski definition) is 6. The normalized spacial score (nSPS) is 14.2. The van der Waals surface area contributed by atoms with Gasteiger partial charge in [0.15, 0.2) is 0 Å². The Bertz CT molecular complexity index is 1170. The van der Waals surface area contributed by atoms with Gasteiger partial charge in [-0.3, -0.25) is 9.36 Å². The number of phosphoric ester groups is 1. The van der Waals surface area contributed by atoms with Crippen LogP contribution < -0.4 is 10.2 Å². The summed E-state index contributed by atoms with van der Waals surface area (Å²) in [4.78, 5) is 25.2. The predicted molar refractivity (Wildman–Crippen MR) is 284 cm³/mol. The second-order valence-corrected chi connectivity index (χ2v) is 22.1. The van der Waals surface area contributed by atoms with Crippen molar-refractivity contribution in [1.29, 1.82) is 0 Å². The van der Waals surface area contributed by atoms with Crippen molar-refractivity contribution in [3.05, 3.63) is 36.5 Å². The third-order valence-electron chi connectivity index (χ3n) is 12.9. The summed E-state index contributed by atoms with van der Waals surface area (Å²) in [5.41, 5.74) is 0. The highest BCUT2D eigenvalue weighted by molar-refractivity contribution is 7.45. The largest absolute Gasteiger partial charge is 0.756 e. The molecule has 8 nitrogen and oxygen atoms in total. The minimum absolute atomic E-state index is 0.0129. The number of allylic oxidation sites excluding steroid dienone is 6. The minimum Gasteiger partial charge on any atom is -0.756 e. The number of aliphatic hydroxyl groups excluding tert-OH is 1. The van der Waals surface area contributed by atoms with Gasteiger partial charge in [0.05, 0.1) is 39.9 Å². The van der Waals surface area contributed by atoms with Gasteiger partial charge in [-0.05, 0) is 51.4 Å². The van der Waals surface area contributed by atoms with E-state index in [1.165, 1.54) is 180 Å². The molecule has 0 aliphatic rings. The number of quaternary nitrogens is 1. The molecule has 0 rings (SSSR count). The quantitative estimate of drug-likeness (QED) is 0.0272. The van der Waals surface area contributed by atoms with E-state index >= 15 is 0 Å². The van der Waals surface area contributed by atoms with Crippen molar-refractivity contribution in [2.24, 2.45) is 0 Å². The highest BCUT2D eigenvalue weighted by Crippen LogP contribution is 2.38. The van der Waals surface area contributed by atoms with E-state index < -0.39 is 20.0 Å². The number of nitrogens with one attached hydrogen (secondary N) is 1. The van der Waals surface area contributed by atoms with Crippen LogP contribution in [0.5, 0.6) is 0 Å². The first-order chi connectivity index (χ1) is 32.0. The average Bonchev–Trinajstić information content (AvgIpc) is 3.27. The minimum atomic E-state index is -4.55. The smallest absolute Gasteiger partial charge is 0.268 e. The second-order valence-electron chi connectivity index (χ2n) is 20.6. The maximum absolute atomic E-state index is 12.8. The summed E-state index contributed by atoms with van der Waals surface area (Å²) in [6.07, 6.45) is 62.6. The summed E-state index contributed by atoms with van der Waals surface area (Å²) in [5.74, 6) is -0.168. The third kappa shape index (κ3) is 50.6. The van der Waals surface area contributed by atoms with Crippen molar-refractivity contribution < 1.29 is 32.9 Å². The van der Waals surface area contributed by atoms with E-state index in [0.29, 0.717) is 23.9 Å². The number of unbranched alkanes of at least 4 members (excludes halogenated alkanes) is 33. The van der Waals surface area contributed by atoms with Crippen molar-refractivity contribution >= 4 is 13.7 Å². The van der Waals surface area contributed by atoms with E-state index in [1.807, 2.05) is 21.1 Å². The number of phosphoric acid groups is 1. The van der Waals surface area contributed by atoms with Crippen molar-refractivity contribution in [3.63, 3.8) is 0 Å². The molecule has 0 fully saturated rings. The number of amides is 1. The zero-order valence-corrected chi connectivity index (χ0v) is 45.3. The van der Waals surface area contributed by atoms with Crippen LogP contribution in [-0.4, -0.2) is 68.5 Å². The SMILES string of the molecule is CCCCCCC/C=C\C/C=C\C/C=C\CCCCCCCCCCCCCCCCCCCCCCCCCCC(=O)NC(COP(=O)([O-])OCC[N+](C)(C)C)C(O)CCCCCCC. The Balaban J connectivity index is 3.68. The molecule has 66 heavy (non-hydrogen) atoms. The number of hydrogen-bond donors (Lipinski definition) is 2. The van der Waals surface area contributed by atoms with Crippen LogP contribution in [0.25, 0.3) is 0 Å². The summed E-state index contributed by atoms with van der Waals surface area (Å²) in [6, 6.07) is -0.794. The van der Waals surface area contributed by atoms with Crippen LogP contribution in [0.4, 0.5) is 0 Å². The van der Waals surface area contributed by atoms with Gasteiger partial charge in [-0.15, -0.1) is 0 Å². The average molecular weight is 951 g/mol. The van der Waals surface area contributed by atoms with Crippen LogP contribution in [0.2, 0.25) is 0 Å². The van der Waals surface area contributed by atoms with Gasteiger partial charge in [0.1, 0.15) is 13.2 Å². The lowest BCUT2D eigenvalue weighted by molar-refractivity contribution is -0.870. The van der Waals surface area contributed by atoms with Crippen LogP contribution in [0.3, 0.4) is 0 Å². The van der Waals surface area contributed by atoms with E-state index in [4.69, 9.17) is 9.05 Å². The summed E-state index contributed by atoms with van der Waals surface area (Å²) >= 11 is 0. The first-order valence-corrected chi connectivity index (χ1v) is 29.8. The fourth-order valence-electron chi connectivity index (χ4n) is 8.40. The second kappa shape index (κ2) is 48.7. The van der Waals surface area contributed by atoms with Crippen molar-refractivity contribution in [3.8, 4) is 0 Å². The van der Waals surface area contributed by atoms with E-state index in [-0.39, 0.29) is 19.1 Å². The van der Waals surface area contributed by atoms with Crippen molar-refractivity contribution in [2.75, 3.05) is 40.9 Å². The first kappa shape index (κ1) is 64.7.